The van der Waals surface area contributed by atoms with Crippen LogP contribution in [0.5, 0.6) is 11.5 Å². The highest BCUT2D eigenvalue weighted by Gasteiger charge is 2.16. The first-order valence-electron chi connectivity index (χ1n) is 4.85. The Morgan fingerprint density at radius 2 is 1.78 bits per heavy atom. The van der Waals surface area contributed by atoms with Gasteiger partial charge in [0.1, 0.15) is 16.5 Å². The highest BCUT2D eigenvalue weighted by molar-refractivity contribution is 7.80. The lowest BCUT2D eigenvalue weighted by atomic mass is 10.1. The fraction of sp³-hybridized carbons (Fsp3) is 0. The van der Waals surface area contributed by atoms with Crippen LogP contribution in [0, 0.1) is 0 Å². The first kappa shape index (κ1) is 12.5. The molecule has 0 spiro atoms. The molecule has 0 aromatic heterocycles. The summed E-state index contributed by atoms with van der Waals surface area (Å²) < 4.78 is 0. The number of fused-ring (bicyclic) bond motifs is 1. The number of halogens is 1. The topological polar surface area (TPSA) is 91.2 Å². The summed E-state index contributed by atoms with van der Waals surface area (Å²) in [4.78, 5) is 0. The minimum Gasteiger partial charge on any atom is -0.506 e. The standard InChI is InChI=1S/C11H8ClN3O2S/c12-7-9(16)6-4-2-1-3-5(6)8(10(7)17)14-15-11(13)18/h1-4,16-17H,(H2,13,18). The molecule has 4 N–H and O–H groups in total. The number of aromatic hydroxyl groups is 2. The van der Waals surface area contributed by atoms with E-state index in [1.54, 1.807) is 24.3 Å². The molecule has 0 heterocycles. The second-order valence-electron chi connectivity index (χ2n) is 3.44. The van der Waals surface area contributed by atoms with Crippen LogP contribution in [0.1, 0.15) is 0 Å². The molecule has 2 aromatic carbocycles. The van der Waals surface area contributed by atoms with E-state index in [0.29, 0.717) is 10.8 Å². The normalized spacial score (nSPS) is 11.2. The van der Waals surface area contributed by atoms with Crippen molar-refractivity contribution in [2.24, 2.45) is 16.0 Å². The minimum absolute atomic E-state index is 0.112. The molecule has 0 aliphatic rings. The Morgan fingerprint density at radius 1 is 1.17 bits per heavy atom. The maximum Gasteiger partial charge on any atom is 0.211 e. The van der Waals surface area contributed by atoms with E-state index >= 15 is 0 Å². The van der Waals surface area contributed by atoms with Crippen LogP contribution in [-0.4, -0.2) is 15.3 Å². The van der Waals surface area contributed by atoms with E-state index in [2.05, 4.69) is 22.4 Å². The quantitative estimate of drug-likeness (QED) is 0.553. The third kappa shape index (κ3) is 2.07. The molecule has 0 fully saturated rings. The van der Waals surface area contributed by atoms with E-state index in [1.165, 1.54) is 0 Å². The predicted molar refractivity (Wildman–Crippen MR) is 73.6 cm³/mol. The maximum atomic E-state index is 9.86. The first-order valence-corrected chi connectivity index (χ1v) is 5.64. The van der Waals surface area contributed by atoms with Gasteiger partial charge in [-0.15, -0.1) is 10.2 Å². The summed E-state index contributed by atoms with van der Waals surface area (Å²) in [6, 6.07) is 6.77. The van der Waals surface area contributed by atoms with Crippen LogP contribution in [-0.2, 0) is 0 Å². The van der Waals surface area contributed by atoms with Crippen LogP contribution in [0.15, 0.2) is 34.5 Å². The van der Waals surface area contributed by atoms with Gasteiger partial charge in [-0.05, 0) is 12.2 Å². The molecule has 18 heavy (non-hydrogen) atoms. The van der Waals surface area contributed by atoms with E-state index in [4.69, 9.17) is 17.3 Å². The summed E-state index contributed by atoms with van der Waals surface area (Å²) in [6.07, 6.45) is 0. The second kappa shape index (κ2) is 4.75. The zero-order chi connectivity index (χ0) is 13.3. The van der Waals surface area contributed by atoms with Crippen LogP contribution in [0.2, 0.25) is 5.02 Å². The van der Waals surface area contributed by atoms with Crippen molar-refractivity contribution in [1.82, 2.24) is 0 Å². The Hall–Kier alpha value is -1.92. The average molecular weight is 282 g/mol. The molecule has 0 aliphatic heterocycles. The molecule has 7 heteroatoms. The number of thiocarbonyl (C=S) groups is 1. The Morgan fingerprint density at radius 3 is 2.39 bits per heavy atom. The number of azo groups is 1. The lowest BCUT2D eigenvalue weighted by Crippen LogP contribution is -2.01. The molecule has 0 atom stereocenters. The van der Waals surface area contributed by atoms with Gasteiger partial charge in [-0.2, -0.15) is 0 Å². The molecule has 0 aliphatic carbocycles. The summed E-state index contributed by atoms with van der Waals surface area (Å²) in [5.41, 5.74) is 5.32. The number of rotatable bonds is 1. The Bertz CT molecular complexity index is 673. The molecule has 92 valence electrons. The Labute approximate surface area is 113 Å². The van der Waals surface area contributed by atoms with E-state index in [0.717, 1.165) is 0 Å². The number of hydrogen-bond donors (Lipinski definition) is 3. The molecule has 0 radical (unpaired) electrons. The van der Waals surface area contributed by atoms with Gasteiger partial charge >= 0.3 is 0 Å². The van der Waals surface area contributed by atoms with Crippen molar-refractivity contribution in [3.05, 3.63) is 29.3 Å². The fourth-order valence-electron chi connectivity index (χ4n) is 1.56. The van der Waals surface area contributed by atoms with E-state index in [1.807, 2.05) is 0 Å². The van der Waals surface area contributed by atoms with E-state index in [-0.39, 0.29) is 27.3 Å². The van der Waals surface area contributed by atoms with Gasteiger partial charge < -0.3 is 15.9 Å². The minimum atomic E-state index is -0.368. The van der Waals surface area contributed by atoms with Crippen LogP contribution >= 0.6 is 23.8 Å². The van der Waals surface area contributed by atoms with Gasteiger partial charge in [0.2, 0.25) is 5.11 Å². The zero-order valence-electron chi connectivity index (χ0n) is 8.96. The number of phenolic OH excluding ortho intramolecular Hbond substituents is 2. The van der Waals surface area contributed by atoms with Crippen molar-refractivity contribution >= 4 is 45.4 Å². The summed E-state index contributed by atoms with van der Waals surface area (Å²) in [5.74, 6) is -0.577. The number of phenols is 2. The van der Waals surface area contributed by atoms with E-state index < -0.39 is 0 Å². The maximum absolute atomic E-state index is 9.86. The summed E-state index contributed by atoms with van der Waals surface area (Å²) >= 11 is 10.4. The zero-order valence-corrected chi connectivity index (χ0v) is 10.5. The molecule has 5 nitrogen and oxygen atoms in total. The number of nitrogens with zero attached hydrogens (tertiary/aromatic N) is 2. The lowest BCUT2D eigenvalue weighted by molar-refractivity contribution is 0.456. The molecule has 0 saturated heterocycles. The van der Waals surface area contributed by atoms with Gasteiger partial charge in [0, 0.05) is 10.8 Å². The molecular formula is C11H8ClN3O2S. The smallest absolute Gasteiger partial charge is 0.211 e. The van der Waals surface area contributed by atoms with Crippen molar-refractivity contribution < 1.29 is 10.2 Å². The van der Waals surface area contributed by atoms with Crippen LogP contribution in [0.4, 0.5) is 5.69 Å². The fourth-order valence-corrected chi connectivity index (χ4v) is 1.79. The molecule has 0 bridgehead atoms. The lowest BCUT2D eigenvalue weighted by Gasteiger charge is -2.08. The van der Waals surface area contributed by atoms with Crippen molar-refractivity contribution in [2.45, 2.75) is 0 Å². The SMILES string of the molecule is NC(=S)N=Nc1c(O)c(Cl)c(O)c2ccccc12. The van der Waals surface area contributed by atoms with Gasteiger partial charge in [0.05, 0.1) is 0 Å². The van der Waals surface area contributed by atoms with Gasteiger partial charge in [0.25, 0.3) is 0 Å². The monoisotopic (exact) mass is 281 g/mol. The molecule has 0 amide bonds. The number of nitrogens with two attached hydrogens (primary N) is 1. The third-order valence-electron chi connectivity index (χ3n) is 2.33. The van der Waals surface area contributed by atoms with Crippen LogP contribution in [0.3, 0.4) is 0 Å². The van der Waals surface area contributed by atoms with Crippen LogP contribution in [0.25, 0.3) is 10.8 Å². The highest BCUT2D eigenvalue weighted by atomic mass is 35.5. The summed E-state index contributed by atoms with van der Waals surface area (Å²) in [7, 11) is 0. The molecule has 0 saturated carbocycles. The van der Waals surface area contributed by atoms with Gasteiger partial charge in [-0.3, -0.25) is 0 Å². The van der Waals surface area contributed by atoms with Crippen LogP contribution < -0.4 is 5.73 Å². The molecule has 2 rings (SSSR count). The molecular weight excluding hydrogens is 274 g/mol. The van der Waals surface area contributed by atoms with Gasteiger partial charge in [-0.25, -0.2) is 0 Å². The summed E-state index contributed by atoms with van der Waals surface area (Å²) in [5, 5.41) is 27.5. The van der Waals surface area contributed by atoms with E-state index in [9.17, 15) is 10.2 Å². The average Bonchev–Trinajstić information content (AvgIpc) is 2.36. The predicted octanol–water partition coefficient (Wildman–Crippen LogP) is 3.23. The number of benzene rings is 2. The number of hydrogen-bond acceptors (Lipinski definition) is 4. The molecule has 0 unspecified atom stereocenters. The van der Waals surface area contributed by atoms with Gasteiger partial charge in [0.15, 0.2) is 5.75 Å². The highest BCUT2D eigenvalue weighted by Crippen LogP contribution is 2.47. The van der Waals surface area contributed by atoms with Crippen molar-refractivity contribution in [1.29, 1.82) is 0 Å². The second-order valence-corrected chi connectivity index (χ2v) is 4.24. The Balaban J connectivity index is 2.83. The summed E-state index contributed by atoms with van der Waals surface area (Å²) in [6.45, 7) is 0. The van der Waals surface area contributed by atoms with Gasteiger partial charge in [-0.1, -0.05) is 35.9 Å². The van der Waals surface area contributed by atoms with Crippen molar-refractivity contribution in [2.75, 3.05) is 0 Å². The van der Waals surface area contributed by atoms with Crippen molar-refractivity contribution in [3.63, 3.8) is 0 Å². The molecule has 2 aromatic rings. The first-order chi connectivity index (χ1) is 8.52. The Kier molecular flexibility index (Phi) is 3.31. The largest absolute Gasteiger partial charge is 0.506 e. The third-order valence-corrected chi connectivity index (χ3v) is 2.77. The van der Waals surface area contributed by atoms with Crippen molar-refractivity contribution in [3.8, 4) is 11.5 Å².